The average molecular weight is 459 g/mol. The molecule has 4 atom stereocenters. The molecule has 174 valence electrons. The first-order chi connectivity index (χ1) is 16.4. The third kappa shape index (κ3) is 4.02. The van der Waals surface area contributed by atoms with Crippen LogP contribution in [0.4, 0.5) is 5.69 Å². The maximum absolute atomic E-state index is 12.9. The van der Waals surface area contributed by atoms with Gasteiger partial charge >= 0.3 is 5.97 Å². The van der Waals surface area contributed by atoms with Gasteiger partial charge in [-0.1, -0.05) is 49.4 Å². The zero-order valence-corrected chi connectivity index (χ0v) is 18.9. The Morgan fingerprint density at radius 3 is 2.44 bits per heavy atom. The first-order valence-corrected chi connectivity index (χ1v) is 11.6. The van der Waals surface area contributed by atoms with Crippen molar-refractivity contribution in [3.05, 3.63) is 72.3 Å². The van der Waals surface area contributed by atoms with E-state index in [-0.39, 0.29) is 41.9 Å². The van der Waals surface area contributed by atoms with Gasteiger partial charge in [-0.05, 0) is 42.2 Å². The largest absolute Gasteiger partial charge is 0.426 e. The Hall–Kier alpha value is -3.74. The molecule has 0 bridgehead atoms. The van der Waals surface area contributed by atoms with E-state index in [9.17, 15) is 19.2 Å². The van der Waals surface area contributed by atoms with Crippen LogP contribution in [0.3, 0.4) is 0 Å². The second kappa shape index (κ2) is 8.89. The summed E-state index contributed by atoms with van der Waals surface area (Å²) in [5.41, 5.74) is 1.48. The van der Waals surface area contributed by atoms with Gasteiger partial charge in [0.15, 0.2) is 0 Å². The zero-order chi connectivity index (χ0) is 23.8. The molecule has 2 aromatic rings. The van der Waals surface area contributed by atoms with Gasteiger partial charge in [0.1, 0.15) is 5.75 Å². The molecule has 0 saturated carbocycles. The number of imide groups is 1. The van der Waals surface area contributed by atoms with E-state index in [4.69, 9.17) is 4.74 Å². The van der Waals surface area contributed by atoms with Gasteiger partial charge in [0, 0.05) is 19.5 Å². The third-order valence-electron chi connectivity index (χ3n) is 6.95. The predicted octanol–water partition coefficient (Wildman–Crippen LogP) is 3.34. The number of hydrogen-bond acceptors (Lipinski definition) is 5. The number of benzene rings is 2. The van der Waals surface area contributed by atoms with E-state index in [1.807, 2.05) is 49.4 Å². The molecule has 0 spiro atoms. The molecule has 2 saturated heterocycles. The fourth-order valence-corrected chi connectivity index (χ4v) is 5.15. The molecule has 2 heterocycles. The summed E-state index contributed by atoms with van der Waals surface area (Å²) in [4.78, 5) is 53.8. The molecule has 2 fully saturated rings. The maximum Gasteiger partial charge on any atom is 0.316 e. The molecule has 2 aliphatic heterocycles. The van der Waals surface area contributed by atoms with Crippen LogP contribution in [-0.2, 0) is 25.7 Å². The minimum Gasteiger partial charge on any atom is -0.426 e. The van der Waals surface area contributed by atoms with E-state index in [2.05, 4.69) is 0 Å². The number of ether oxygens (including phenoxy) is 1. The summed E-state index contributed by atoms with van der Waals surface area (Å²) in [5.74, 6) is -1.73. The van der Waals surface area contributed by atoms with Crippen molar-refractivity contribution in [3.63, 3.8) is 0 Å². The van der Waals surface area contributed by atoms with Crippen molar-refractivity contribution in [1.29, 1.82) is 0 Å². The van der Waals surface area contributed by atoms with Gasteiger partial charge in [-0.25, -0.2) is 0 Å². The number of amides is 3. The van der Waals surface area contributed by atoms with Crippen LogP contribution in [-0.4, -0.2) is 35.1 Å². The summed E-state index contributed by atoms with van der Waals surface area (Å²) in [6.45, 7) is 2.74. The van der Waals surface area contributed by atoms with Gasteiger partial charge in [0.2, 0.25) is 17.7 Å². The highest BCUT2D eigenvalue weighted by Gasteiger charge is 2.50. The number of nitrogens with zero attached hydrogens (tertiary/aromatic N) is 2. The van der Waals surface area contributed by atoms with Crippen LogP contribution >= 0.6 is 0 Å². The van der Waals surface area contributed by atoms with Crippen molar-refractivity contribution in [2.45, 2.75) is 26.3 Å². The number of rotatable bonds is 5. The molecule has 0 radical (unpaired) electrons. The van der Waals surface area contributed by atoms with Crippen molar-refractivity contribution in [2.24, 2.45) is 23.7 Å². The zero-order valence-electron chi connectivity index (χ0n) is 18.9. The first-order valence-electron chi connectivity index (χ1n) is 11.6. The van der Waals surface area contributed by atoms with Crippen LogP contribution in [0.5, 0.6) is 5.75 Å². The number of anilines is 1. The van der Waals surface area contributed by atoms with Crippen molar-refractivity contribution in [3.8, 4) is 5.75 Å². The predicted molar refractivity (Wildman–Crippen MR) is 124 cm³/mol. The quantitative estimate of drug-likeness (QED) is 0.297. The van der Waals surface area contributed by atoms with E-state index in [1.165, 1.54) is 4.90 Å². The number of hydrogen-bond donors (Lipinski definition) is 0. The van der Waals surface area contributed by atoms with Gasteiger partial charge in [-0.3, -0.25) is 24.1 Å². The first kappa shape index (κ1) is 22.1. The van der Waals surface area contributed by atoms with Crippen LogP contribution in [0.2, 0.25) is 0 Å². The van der Waals surface area contributed by atoms with E-state index in [0.29, 0.717) is 30.9 Å². The molecule has 2 aromatic carbocycles. The summed E-state index contributed by atoms with van der Waals surface area (Å²) in [6, 6.07) is 16.0. The van der Waals surface area contributed by atoms with Gasteiger partial charge in [-0.15, -0.1) is 0 Å². The Morgan fingerprint density at radius 2 is 1.74 bits per heavy atom. The van der Waals surface area contributed by atoms with E-state index < -0.39 is 11.9 Å². The summed E-state index contributed by atoms with van der Waals surface area (Å²) in [7, 11) is 0. The molecule has 0 unspecified atom stereocenters. The lowest BCUT2D eigenvalue weighted by Gasteiger charge is -2.22. The lowest BCUT2D eigenvalue weighted by Crippen LogP contribution is -2.31. The molecule has 3 amide bonds. The van der Waals surface area contributed by atoms with Crippen LogP contribution in [0.25, 0.3) is 0 Å². The highest BCUT2D eigenvalue weighted by atomic mass is 16.5. The van der Waals surface area contributed by atoms with Gasteiger partial charge < -0.3 is 9.64 Å². The minimum atomic E-state index is -0.533. The van der Waals surface area contributed by atoms with Gasteiger partial charge in [0.25, 0.3) is 0 Å². The molecule has 3 aliphatic rings. The van der Waals surface area contributed by atoms with E-state index >= 15 is 0 Å². The van der Waals surface area contributed by atoms with Crippen LogP contribution in [0.15, 0.2) is 66.7 Å². The Morgan fingerprint density at radius 1 is 1.00 bits per heavy atom. The lowest BCUT2D eigenvalue weighted by atomic mass is 9.78. The molecule has 0 aromatic heterocycles. The highest BCUT2D eigenvalue weighted by molar-refractivity contribution is 6.22. The molecular formula is C27H26N2O5. The second-order valence-electron chi connectivity index (χ2n) is 9.24. The van der Waals surface area contributed by atoms with E-state index in [1.54, 1.807) is 29.2 Å². The number of carbonyl (C=O) groups excluding carboxylic acids is 4. The standard InChI is InChI=1S/C27H26N2O5/c1-17-6-5-9-22-24(17)26(32)29(25(22)31)20-10-12-21(13-11-20)34-27(33)19-14-23(30)28(16-19)15-18-7-3-2-4-8-18/h2-8,10-13,17,19,22,24H,9,14-16H2,1H3/t17-,19-,22+,24+/m1/s1. The summed E-state index contributed by atoms with van der Waals surface area (Å²) in [6.07, 6.45) is 4.66. The fraction of sp³-hybridized carbons (Fsp3) is 0.333. The Labute approximate surface area is 198 Å². The third-order valence-corrected chi connectivity index (χ3v) is 6.95. The van der Waals surface area contributed by atoms with Crippen molar-refractivity contribution in [2.75, 3.05) is 11.4 Å². The molecule has 1 aliphatic carbocycles. The normalized spacial score (nSPS) is 26.2. The smallest absolute Gasteiger partial charge is 0.316 e. The fourth-order valence-electron chi connectivity index (χ4n) is 5.15. The molecular weight excluding hydrogens is 432 g/mol. The van der Waals surface area contributed by atoms with Crippen LogP contribution < -0.4 is 9.64 Å². The number of carbonyl (C=O) groups is 4. The average Bonchev–Trinajstić information content (AvgIpc) is 3.32. The molecule has 5 rings (SSSR count). The summed E-state index contributed by atoms with van der Waals surface area (Å²) >= 11 is 0. The molecule has 7 nitrogen and oxygen atoms in total. The topological polar surface area (TPSA) is 84.0 Å². The maximum atomic E-state index is 12.9. The molecule has 0 N–H and O–H groups in total. The van der Waals surface area contributed by atoms with Crippen LogP contribution in [0.1, 0.15) is 25.3 Å². The number of fused-ring (bicyclic) bond motifs is 1. The van der Waals surface area contributed by atoms with Crippen LogP contribution in [0, 0.1) is 23.7 Å². The lowest BCUT2D eigenvalue weighted by molar-refractivity contribution is -0.139. The molecule has 7 heteroatoms. The summed E-state index contributed by atoms with van der Waals surface area (Å²) in [5, 5.41) is 0. The van der Waals surface area contributed by atoms with E-state index in [0.717, 1.165) is 5.56 Å². The second-order valence-corrected chi connectivity index (χ2v) is 9.24. The number of allylic oxidation sites excluding steroid dienone is 2. The SMILES string of the molecule is C[C@@H]1C=CC[C@@H]2C(=O)N(c3ccc(OC(=O)[C@@H]4CC(=O)N(Cc5ccccc5)C4)cc3)C(=O)[C@@H]12. The van der Waals surface area contributed by atoms with Crippen molar-refractivity contribution >= 4 is 29.4 Å². The highest BCUT2D eigenvalue weighted by Crippen LogP contribution is 2.40. The van der Waals surface area contributed by atoms with Gasteiger partial charge in [0.05, 0.1) is 23.4 Å². The van der Waals surface area contributed by atoms with Gasteiger partial charge in [-0.2, -0.15) is 0 Å². The number of esters is 1. The Kier molecular flexibility index (Phi) is 5.77. The Bertz CT molecular complexity index is 1160. The summed E-state index contributed by atoms with van der Waals surface area (Å²) < 4.78 is 5.51. The van der Waals surface area contributed by atoms with Crippen molar-refractivity contribution in [1.82, 2.24) is 4.90 Å². The number of likely N-dealkylation sites (tertiary alicyclic amines) is 1. The Balaban J connectivity index is 1.22. The van der Waals surface area contributed by atoms with Crippen molar-refractivity contribution < 1.29 is 23.9 Å². The molecule has 34 heavy (non-hydrogen) atoms. The monoisotopic (exact) mass is 458 g/mol. The minimum absolute atomic E-state index is 0.0241.